The number of rotatable bonds is 7. The number of nitrogens with one attached hydrogen (secondary N) is 1. The molecule has 0 aromatic heterocycles. The molecule has 5 nitrogen and oxygen atoms in total. The number of carbonyl (C=O) groups excluding carboxylic acids is 1. The number of carbonyl (C=O) groups is 1. The lowest BCUT2D eigenvalue weighted by atomic mass is 10.1. The highest BCUT2D eigenvalue weighted by Gasteiger charge is 2.37. The molecule has 0 unspecified atom stereocenters. The van der Waals surface area contributed by atoms with Gasteiger partial charge in [-0.05, 0) is 48.4 Å². The average molecular weight is 373 g/mol. The van der Waals surface area contributed by atoms with Crippen molar-refractivity contribution in [2.75, 3.05) is 39.3 Å². The Morgan fingerprint density at radius 1 is 1.07 bits per heavy atom. The molecule has 2 N–H and O–H groups in total. The molecular formula is C21H26FN2O3+. The third-order valence-electron chi connectivity index (χ3n) is 5.13. The fraction of sp³-hybridized carbons (Fsp3) is 0.381. The van der Waals surface area contributed by atoms with Gasteiger partial charge < -0.3 is 15.2 Å². The first-order chi connectivity index (χ1) is 13.1. The summed E-state index contributed by atoms with van der Waals surface area (Å²) in [5.41, 5.74) is 1.04. The van der Waals surface area contributed by atoms with Crippen molar-refractivity contribution in [3.05, 3.63) is 59.9 Å². The van der Waals surface area contributed by atoms with Gasteiger partial charge >= 0.3 is 5.91 Å². The van der Waals surface area contributed by atoms with Crippen LogP contribution in [0.15, 0.2) is 48.5 Å². The Kier molecular flexibility index (Phi) is 6.42. The molecule has 27 heavy (non-hydrogen) atoms. The van der Waals surface area contributed by atoms with Gasteiger partial charge in [0.05, 0.1) is 19.5 Å². The van der Waals surface area contributed by atoms with Crippen molar-refractivity contribution in [1.82, 2.24) is 5.32 Å². The molecule has 1 amide bonds. The largest absolute Gasteiger partial charge is 0.508 e. The third kappa shape index (κ3) is 5.28. The van der Waals surface area contributed by atoms with E-state index in [0.717, 1.165) is 31.7 Å². The van der Waals surface area contributed by atoms with Crippen molar-refractivity contribution >= 4 is 5.91 Å². The number of aryl methyl sites for hydroxylation is 1. The zero-order chi connectivity index (χ0) is 19.1. The maximum Gasteiger partial charge on any atom is 0.314 e. The van der Waals surface area contributed by atoms with Crippen LogP contribution in [0.25, 0.3) is 0 Å². The molecule has 1 aliphatic heterocycles. The summed E-state index contributed by atoms with van der Waals surface area (Å²) < 4.78 is 19.1. The van der Waals surface area contributed by atoms with Gasteiger partial charge in [-0.15, -0.1) is 0 Å². The van der Waals surface area contributed by atoms with Gasteiger partial charge in [-0.3, -0.25) is 4.48 Å². The molecule has 2 aromatic rings. The van der Waals surface area contributed by atoms with Crippen molar-refractivity contribution in [3.8, 4) is 11.5 Å². The van der Waals surface area contributed by atoms with Crippen LogP contribution in [0.2, 0.25) is 0 Å². The van der Waals surface area contributed by atoms with E-state index in [1.54, 1.807) is 24.3 Å². The molecule has 0 radical (unpaired) electrons. The molecule has 1 fully saturated rings. The normalized spacial score (nSPS) is 16.0. The predicted molar refractivity (Wildman–Crippen MR) is 101 cm³/mol. The summed E-state index contributed by atoms with van der Waals surface area (Å²) in [5.74, 6) is 0.763. The summed E-state index contributed by atoms with van der Waals surface area (Å²) in [4.78, 5) is 13.0. The van der Waals surface area contributed by atoms with Gasteiger partial charge in [0.15, 0.2) is 0 Å². The molecule has 1 aliphatic rings. The van der Waals surface area contributed by atoms with E-state index < -0.39 is 0 Å². The zero-order valence-corrected chi connectivity index (χ0v) is 15.4. The lowest BCUT2D eigenvalue weighted by Crippen LogP contribution is -2.63. The number of halogens is 1. The highest BCUT2D eigenvalue weighted by atomic mass is 19.1. The Morgan fingerprint density at radius 2 is 1.74 bits per heavy atom. The van der Waals surface area contributed by atoms with Gasteiger partial charge in [0.2, 0.25) is 0 Å². The number of hydrogen-bond donors (Lipinski definition) is 2. The molecule has 0 aliphatic carbocycles. The van der Waals surface area contributed by atoms with Crippen molar-refractivity contribution in [3.63, 3.8) is 0 Å². The SMILES string of the molecule is O=C(CCc1ccc(O)cc1)[N+]1(CCOc2ccc(F)cc2)CCNCC1. The summed E-state index contributed by atoms with van der Waals surface area (Å²) in [7, 11) is 0. The topological polar surface area (TPSA) is 58.6 Å². The minimum absolute atomic E-state index is 0.215. The minimum Gasteiger partial charge on any atom is -0.508 e. The van der Waals surface area contributed by atoms with Gasteiger partial charge in [0.25, 0.3) is 0 Å². The lowest BCUT2D eigenvalue weighted by molar-refractivity contribution is -0.857. The number of quaternary nitrogens is 1. The molecule has 1 saturated heterocycles. The molecule has 3 rings (SSSR count). The first-order valence-electron chi connectivity index (χ1n) is 9.34. The molecule has 0 atom stereocenters. The Bertz CT molecular complexity index is 741. The van der Waals surface area contributed by atoms with E-state index in [2.05, 4.69) is 5.32 Å². The van der Waals surface area contributed by atoms with Crippen LogP contribution in [-0.4, -0.2) is 54.8 Å². The number of phenolic OH excluding ortho intramolecular Hbond substituents is 1. The number of piperazine rings is 1. The van der Waals surface area contributed by atoms with Crippen molar-refractivity contribution < 1.29 is 23.5 Å². The van der Waals surface area contributed by atoms with Gasteiger partial charge in [-0.2, -0.15) is 0 Å². The Balaban J connectivity index is 1.58. The van der Waals surface area contributed by atoms with Crippen molar-refractivity contribution in [1.29, 1.82) is 0 Å². The molecule has 144 valence electrons. The van der Waals surface area contributed by atoms with Gasteiger partial charge in [-0.1, -0.05) is 12.1 Å². The van der Waals surface area contributed by atoms with Crippen LogP contribution < -0.4 is 10.1 Å². The third-order valence-corrected chi connectivity index (χ3v) is 5.13. The Hall–Kier alpha value is -2.44. The van der Waals surface area contributed by atoms with Crippen LogP contribution in [0, 0.1) is 5.82 Å². The second kappa shape index (κ2) is 8.97. The highest BCUT2D eigenvalue weighted by molar-refractivity contribution is 5.69. The zero-order valence-electron chi connectivity index (χ0n) is 15.4. The number of nitrogens with zero attached hydrogens (tertiary/aromatic N) is 1. The van der Waals surface area contributed by atoms with Crippen LogP contribution >= 0.6 is 0 Å². The molecule has 1 heterocycles. The number of hydrogen-bond acceptors (Lipinski definition) is 4. The summed E-state index contributed by atoms with van der Waals surface area (Å²) in [6.45, 7) is 4.13. The Morgan fingerprint density at radius 3 is 2.41 bits per heavy atom. The van der Waals surface area contributed by atoms with Gasteiger partial charge in [0, 0.05) is 13.1 Å². The quantitative estimate of drug-likeness (QED) is 0.732. The van der Waals surface area contributed by atoms with E-state index in [1.807, 2.05) is 12.1 Å². The number of ether oxygens (including phenoxy) is 1. The van der Waals surface area contributed by atoms with Gasteiger partial charge in [-0.25, -0.2) is 9.18 Å². The van der Waals surface area contributed by atoms with E-state index in [9.17, 15) is 14.3 Å². The molecule has 0 bridgehead atoms. The van der Waals surface area contributed by atoms with E-state index in [1.165, 1.54) is 12.1 Å². The fourth-order valence-electron chi connectivity index (χ4n) is 3.44. The summed E-state index contributed by atoms with van der Waals surface area (Å²) in [6, 6.07) is 12.9. The van der Waals surface area contributed by atoms with E-state index in [0.29, 0.717) is 36.2 Å². The second-order valence-electron chi connectivity index (χ2n) is 6.93. The predicted octanol–water partition coefficient (Wildman–Crippen LogP) is 2.49. The average Bonchev–Trinajstić information content (AvgIpc) is 2.69. The smallest absolute Gasteiger partial charge is 0.314 e. The van der Waals surface area contributed by atoms with Crippen molar-refractivity contribution in [2.45, 2.75) is 12.8 Å². The van der Waals surface area contributed by atoms with Crippen LogP contribution in [0.3, 0.4) is 0 Å². The number of phenols is 1. The maximum absolute atomic E-state index is 13.0. The summed E-state index contributed by atoms with van der Waals surface area (Å²) in [5, 5.41) is 12.7. The van der Waals surface area contributed by atoms with Crippen molar-refractivity contribution in [2.24, 2.45) is 0 Å². The van der Waals surface area contributed by atoms with Crippen LogP contribution in [0.1, 0.15) is 12.0 Å². The molecule has 0 saturated carbocycles. The summed E-state index contributed by atoms with van der Waals surface area (Å²) in [6.07, 6.45) is 1.12. The maximum atomic E-state index is 13.0. The van der Waals surface area contributed by atoms with Gasteiger partial charge in [0.1, 0.15) is 30.5 Å². The van der Waals surface area contributed by atoms with Crippen LogP contribution in [0.5, 0.6) is 11.5 Å². The number of benzene rings is 2. The van der Waals surface area contributed by atoms with E-state index >= 15 is 0 Å². The molecule has 2 aromatic carbocycles. The van der Waals surface area contributed by atoms with E-state index in [-0.39, 0.29) is 17.5 Å². The lowest BCUT2D eigenvalue weighted by Gasteiger charge is -2.39. The monoisotopic (exact) mass is 373 g/mol. The molecule has 6 heteroatoms. The second-order valence-corrected chi connectivity index (χ2v) is 6.93. The fourth-order valence-corrected chi connectivity index (χ4v) is 3.44. The first-order valence-corrected chi connectivity index (χ1v) is 9.34. The Labute approximate surface area is 159 Å². The van der Waals surface area contributed by atoms with Crippen LogP contribution in [0.4, 0.5) is 4.39 Å². The molecular weight excluding hydrogens is 347 g/mol. The summed E-state index contributed by atoms with van der Waals surface area (Å²) >= 11 is 0. The highest BCUT2D eigenvalue weighted by Crippen LogP contribution is 2.17. The minimum atomic E-state index is -0.294. The first kappa shape index (κ1) is 19.3. The standard InChI is InChI=1S/C21H25FN2O3/c22-18-4-8-20(9-5-18)27-16-15-24(13-11-23-12-14-24)21(26)10-3-17-1-6-19(25)7-2-17/h1-2,4-9,23H,3,10-16H2/p+1. The van der Waals surface area contributed by atoms with Crippen LogP contribution in [-0.2, 0) is 11.2 Å². The number of amides is 1. The van der Waals surface area contributed by atoms with E-state index in [4.69, 9.17) is 4.74 Å². The number of aromatic hydroxyl groups is 1. The molecule has 0 spiro atoms.